The van der Waals surface area contributed by atoms with Gasteiger partial charge in [0.1, 0.15) is 16.9 Å². The van der Waals surface area contributed by atoms with E-state index in [1.807, 2.05) is 31.2 Å². The molecule has 0 spiro atoms. The van der Waals surface area contributed by atoms with E-state index in [9.17, 15) is 4.79 Å². The highest BCUT2D eigenvalue weighted by Crippen LogP contribution is 2.52. The lowest BCUT2D eigenvalue weighted by Crippen LogP contribution is -2.44. The molecule has 0 N–H and O–H groups in total. The van der Waals surface area contributed by atoms with Gasteiger partial charge < -0.3 is 9.32 Å². The summed E-state index contributed by atoms with van der Waals surface area (Å²) in [7, 11) is 0. The molecule has 6 rings (SSSR count). The van der Waals surface area contributed by atoms with Crippen LogP contribution < -0.4 is 4.90 Å². The van der Waals surface area contributed by atoms with Gasteiger partial charge in [0.2, 0.25) is 0 Å². The van der Waals surface area contributed by atoms with Crippen LogP contribution in [0, 0.1) is 18.8 Å². The van der Waals surface area contributed by atoms with E-state index in [-0.39, 0.29) is 12.0 Å². The number of carbonyl (C=O) groups is 1. The predicted molar refractivity (Wildman–Crippen MR) is 99.2 cm³/mol. The van der Waals surface area contributed by atoms with Gasteiger partial charge in [-0.3, -0.25) is 4.79 Å². The number of fused-ring (bicyclic) bond motifs is 4. The molecule has 3 unspecified atom stereocenters. The topological polar surface area (TPSA) is 59.2 Å². The summed E-state index contributed by atoms with van der Waals surface area (Å²) in [6, 6.07) is 8.39. The Kier molecular flexibility index (Phi) is 2.86. The average molecular weight is 347 g/mol. The van der Waals surface area contributed by atoms with Gasteiger partial charge in [-0.05, 0) is 50.7 Å². The first-order chi connectivity index (χ1) is 12.7. The van der Waals surface area contributed by atoms with Crippen LogP contribution in [0.2, 0.25) is 0 Å². The van der Waals surface area contributed by atoms with Crippen LogP contribution >= 0.6 is 0 Å². The molecule has 3 atom stereocenters. The van der Waals surface area contributed by atoms with E-state index >= 15 is 0 Å². The number of piperidine rings is 1. The molecule has 3 fully saturated rings. The number of hydrogen-bond acceptors (Lipinski definition) is 5. The molecular formula is C21H21N3O2. The summed E-state index contributed by atoms with van der Waals surface area (Å²) < 4.78 is 6.17. The number of Topliss-reactive ketones (excluding diaryl/α,β-unsaturated/α-hetero) is 1. The quantitative estimate of drug-likeness (QED) is 0.716. The van der Waals surface area contributed by atoms with Crippen molar-refractivity contribution in [2.24, 2.45) is 11.8 Å². The van der Waals surface area contributed by atoms with Gasteiger partial charge in [0, 0.05) is 17.3 Å². The number of carbonyl (C=O) groups excluding carboxylic acids is 1. The van der Waals surface area contributed by atoms with Crippen molar-refractivity contribution in [3.05, 3.63) is 30.1 Å². The van der Waals surface area contributed by atoms with Crippen LogP contribution in [0.25, 0.3) is 22.1 Å². The summed E-state index contributed by atoms with van der Waals surface area (Å²) in [5.41, 5.74) is 2.43. The van der Waals surface area contributed by atoms with Crippen LogP contribution in [0.5, 0.6) is 0 Å². The number of hydrogen-bond donors (Lipinski definition) is 0. The Labute approximate surface area is 151 Å². The van der Waals surface area contributed by atoms with Crippen molar-refractivity contribution in [1.29, 1.82) is 0 Å². The highest BCUT2D eigenvalue weighted by atomic mass is 16.3. The number of aryl methyl sites for hydroxylation is 1. The minimum Gasteiger partial charge on any atom is -0.450 e. The van der Waals surface area contributed by atoms with Crippen LogP contribution in [0.1, 0.15) is 37.9 Å². The van der Waals surface area contributed by atoms with Gasteiger partial charge in [-0.2, -0.15) is 0 Å². The third-order valence-electron chi connectivity index (χ3n) is 6.50. The summed E-state index contributed by atoms with van der Waals surface area (Å²) in [4.78, 5) is 24.7. The maximum atomic E-state index is 13.1. The average Bonchev–Trinajstić information content (AvgIpc) is 3.09. The Hall–Kier alpha value is -2.43. The van der Waals surface area contributed by atoms with Crippen molar-refractivity contribution in [2.45, 2.75) is 51.1 Å². The molecular weight excluding hydrogens is 326 g/mol. The normalized spacial score (nSPS) is 27.7. The van der Waals surface area contributed by atoms with Crippen LogP contribution in [0.15, 0.2) is 28.7 Å². The molecule has 0 radical (unpaired) electrons. The van der Waals surface area contributed by atoms with E-state index in [1.54, 1.807) is 0 Å². The summed E-state index contributed by atoms with van der Waals surface area (Å²) in [6.07, 6.45) is 5.45. The van der Waals surface area contributed by atoms with Crippen LogP contribution in [0.4, 0.5) is 5.82 Å². The highest BCUT2D eigenvalue weighted by molar-refractivity contribution is 6.06. The van der Waals surface area contributed by atoms with Gasteiger partial charge in [0.15, 0.2) is 17.2 Å². The smallest absolute Gasteiger partial charge is 0.196 e. The van der Waals surface area contributed by atoms with Crippen molar-refractivity contribution in [1.82, 2.24) is 9.97 Å². The molecule has 132 valence electrons. The van der Waals surface area contributed by atoms with Crippen LogP contribution in [0.3, 0.4) is 0 Å². The Bertz CT molecular complexity index is 1050. The van der Waals surface area contributed by atoms with Crippen molar-refractivity contribution in [3.63, 3.8) is 0 Å². The van der Waals surface area contributed by atoms with Crippen molar-refractivity contribution >= 4 is 33.7 Å². The first kappa shape index (κ1) is 14.7. The zero-order chi connectivity index (χ0) is 17.4. The fourth-order valence-electron chi connectivity index (χ4n) is 4.84. The first-order valence-corrected chi connectivity index (χ1v) is 9.68. The number of benzene rings is 1. The fraction of sp³-hybridized carbons (Fsp3) is 0.476. The monoisotopic (exact) mass is 347 g/mol. The Balaban J connectivity index is 1.53. The van der Waals surface area contributed by atoms with E-state index < -0.39 is 0 Å². The number of rotatable bonds is 3. The Morgan fingerprint density at radius 3 is 2.85 bits per heavy atom. The minimum atomic E-state index is -0.0326. The predicted octanol–water partition coefficient (Wildman–Crippen LogP) is 4.02. The first-order valence-electron chi connectivity index (χ1n) is 9.68. The molecule has 3 aromatic rings. The zero-order valence-corrected chi connectivity index (χ0v) is 14.8. The van der Waals surface area contributed by atoms with Crippen molar-refractivity contribution < 1.29 is 9.21 Å². The summed E-state index contributed by atoms with van der Waals surface area (Å²) in [5, 5.41) is 1.02. The lowest BCUT2D eigenvalue weighted by molar-refractivity contribution is -0.126. The van der Waals surface area contributed by atoms with Gasteiger partial charge in [-0.1, -0.05) is 18.6 Å². The largest absolute Gasteiger partial charge is 0.450 e. The molecule has 2 aromatic heterocycles. The number of ketones is 1. The SMILES string of the molecule is Cc1nc(N2C(C(=O)C3CCC3)CC3CC32)c2oc3ccccc3c2n1. The van der Waals surface area contributed by atoms with Crippen LogP contribution in [-0.2, 0) is 4.79 Å². The van der Waals surface area contributed by atoms with E-state index in [0.29, 0.717) is 17.7 Å². The Morgan fingerprint density at radius 2 is 2.04 bits per heavy atom. The zero-order valence-electron chi connectivity index (χ0n) is 14.8. The van der Waals surface area contributed by atoms with Gasteiger partial charge in [-0.15, -0.1) is 0 Å². The van der Waals surface area contributed by atoms with E-state index in [0.717, 1.165) is 53.0 Å². The number of para-hydroxylation sites is 1. The molecule has 0 amide bonds. The highest BCUT2D eigenvalue weighted by Gasteiger charge is 2.56. The van der Waals surface area contributed by atoms with Crippen LogP contribution in [-0.4, -0.2) is 27.8 Å². The van der Waals surface area contributed by atoms with Gasteiger partial charge >= 0.3 is 0 Å². The maximum Gasteiger partial charge on any atom is 0.196 e. The van der Waals surface area contributed by atoms with Gasteiger partial charge in [-0.25, -0.2) is 9.97 Å². The standard InChI is InChI=1S/C21H21N3O2/c1-11-22-18-14-7-2-3-8-17(14)26-20(18)21(23-11)24-15-9-13(15)10-16(24)19(25)12-5-4-6-12/h2-3,7-8,12-13,15-16H,4-6,9-10H2,1H3. The fourth-order valence-corrected chi connectivity index (χ4v) is 4.84. The molecule has 1 aliphatic heterocycles. The minimum absolute atomic E-state index is 0.0326. The third-order valence-corrected chi connectivity index (χ3v) is 6.50. The molecule has 26 heavy (non-hydrogen) atoms. The molecule has 3 heterocycles. The van der Waals surface area contributed by atoms with E-state index in [1.165, 1.54) is 12.8 Å². The van der Waals surface area contributed by atoms with E-state index in [2.05, 4.69) is 9.88 Å². The second-order valence-electron chi connectivity index (χ2n) is 8.12. The molecule has 1 saturated heterocycles. The molecule has 1 aromatic carbocycles. The van der Waals surface area contributed by atoms with Crippen molar-refractivity contribution in [2.75, 3.05) is 4.90 Å². The van der Waals surface area contributed by atoms with Gasteiger partial charge in [0.25, 0.3) is 0 Å². The molecule has 2 saturated carbocycles. The summed E-state index contributed by atoms with van der Waals surface area (Å²) >= 11 is 0. The summed E-state index contributed by atoms with van der Waals surface area (Å²) in [6.45, 7) is 1.92. The molecule has 5 nitrogen and oxygen atoms in total. The molecule has 2 aliphatic carbocycles. The van der Waals surface area contributed by atoms with Gasteiger partial charge in [0.05, 0.1) is 6.04 Å². The number of aromatic nitrogens is 2. The lowest BCUT2D eigenvalue weighted by Gasteiger charge is -2.33. The molecule has 0 bridgehead atoms. The van der Waals surface area contributed by atoms with Crippen molar-refractivity contribution in [3.8, 4) is 0 Å². The second-order valence-corrected chi connectivity index (χ2v) is 8.12. The van der Waals surface area contributed by atoms with E-state index in [4.69, 9.17) is 9.40 Å². The maximum absolute atomic E-state index is 13.1. The summed E-state index contributed by atoms with van der Waals surface area (Å²) in [5.74, 6) is 2.88. The molecule has 5 heteroatoms. The number of anilines is 1. The molecule has 3 aliphatic rings. The number of nitrogens with zero attached hydrogens (tertiary/aromatic N) is 3. The second kappa shape index (κ2) is 5.06. The number of furan rings is 1. The Morgan fingerprint density at radius 1 is 1.19 bits per heavy atom. The lowest BCUT2D eigenvalue weighted by atomic mass is 9.79. The third kappa shape index (κ3) is 1.94.